The van der Waals surface area contributed by atoms with Gasteiger partial charge in [-0.15, -0.1) is 0 Å². The van der Waals surface area contributed by atoms with Crippen LogP contribution in [0.25, 0.3) is 0 Å². The van der Waals surface area contributed by atoms with Gasteiger partial charge in [0.15, 0.2) is 0 Å². The van der Waals surface area contributed by atoms with Crippen molar-refractivity contribution in [1.82, 2.24) is 10.2 Å². The first kappa shape index (κ1) is 16.4. The van der Waals surface area contributed by atoms with E-state index in [1.807, 2.05) is 24.3 Å². The minimum absolute atomic E-state index is 0.144. The molecule has 0 fully saturated rings. The zero-order valence-electron chi connectivity index (χ0n) is 14.2. The van der Waals surface area contributed by atoms with Crippen LogP contribution in [0.15, 0.2) is 35.5 Å². The molecule has 24 heavy (non-hydrogen) atoms. The third-order valence-electron chi connectivity index (χ3n) is 4.38. The lowest BCUT2D eigenvalue weighted by Crippen LogP contribution is -2.47. The molecule has 0 radical (unpaired) electrons. The quantitative estimate of drug-likeness (QED) is 0.843. The maximum atomic E-state index is 12.6. The SMILES string of the molecule is COc1ccccc1[C@H]1NC(=O)N(CCC(C)C)C2=C1C(=O)OC2. The van der Waals surface area contributed by atoms with Gasteiger partial charge in [-0.25, -0.2) is 9.59 Å². The molecule has 2 aliphatic rings. The Kier molecular flexibility index (Phi) is 4.46. The van der Waals surface area contributed by atoms with Crippen LogP contribution in [0.3, 0.4) is 0 Å². The number of hydrogen-bond acceptors (Lipinski definition) is 4. The van der Waals surface area contributed by atoms with Gasteiger partial charge in [0, 0.05) is 12.1 Å². The molecule has 1 atom stereocenters. The van der Waals surface area contributed by atoms with Gasteiger partial charge in [0.05, 0.1) is 24.4 Å². The first-order valence-electron chi connectivity index (χ1n) is 8.14. The molecule has 0 aliphatic carbocycles. The van der Waals surface area contributed by atoms with Gasteiger partial charge in [-0.1, -0.05) is 32.0 Å². The molecule has 1 N–H and O–H groups in total. The Morgan fingerprint density at radius 3 is 2.79 bits per heavy atom. The number of para-hydroxylation sites is 1. The summed E-state index contributed by atoms with van der Waals surface area (Å²) in [6.07, 6.45) is 0.859. The Labute approximate surface area is 141 Å². The van der Waals surface area contributed by atoms with Crippen molar-refractivity contribution < 1.29 is 19.1 Å². The van der Waals surface area contributed by atoms with Crippen LogP contribution in [-0.2, 0) is 9.53 Å². The monoisotopic (exact) mass is 330 g/mol. The van der Waals surface area contributed by atoms with Crippen LogP contribution in [0.2, 0.25) is 0 Å². The highest BCUT2D eigenvalue weighted by Gasteiger charge is 2.42. The van der Waals surface area contributed by atoms with Gasteiger partial charge in [0.2, 0.25) is 0 Å². The molecular weight excluding hydrogens is 308 g/mol. The lowest BCUT2D eigenvalue weighted by molar-refractivity contribution is -0.136. The van der Waals surface area contributed by atoms with Gasteiger partial charge in [-0.05, 0) is 18.4 Å². The summed E-state index contributed by atoms with van der Waals surface area (Å²) < 4.78 is 10.6. The van der Waals surface area contributed by atoms with Gasteiger partial charge in [-0.3, -0.25) is 4.90 Å². The van der Waals surface area contributed by atoms with E-state index < -0.39 is 6.04 Å². The summed E-state index contributed by atoms with van der Waals surface area (Å²) in [5.41, 5.74) is 1.92. The van der Waals surface area contributed by atoms with Crippen molar-refractivity contribution in [3.8, 4) is 5.75 Å². The van der Waals surface area contributed by atoms with Gasteiger partial charge in [0.25, 0.3) is 0 Å². The van der Waals surface area contributed by atoms with Crippen molar-refractivity contribution in [1.29, 1.82) is 0 Å². The van der Waals surface area contributed by atoms with Crippen LogP contribution in [0.4, 0.5) is 4.79 Å². The van der Waals surface area contributed by atoms with Crippen molar-refractivity contribution in [3.05, 3.63) is 41.1 Å². The summed E-state index contributed by atoms with van der Waals surface area (Å²) in [5, 5.41) is 2.93. The van der Waals surface area contributed by atoms with Crippen LogP contribution in [0.5, 0.6) is 5.75 Å². The molecule has 1 aromatic carbocycles. The second kappa shape index (κ2) is 6.55. The maximum absolute atomic E-state index is 12.6. The highest BCUT2D eigenvalue weighted by Crippen LogP contribution is 2.38. The van der Waals surface area contributed by atoms with Crippen molar-refractivity contribution in [2.45, 2.75) is 26.3 Å². The second-order valence-electron chi connectivity index (χ2n) is 6.40. The first-order valence-corrected chi connectivity index (χ1v) is 8.14. The third-order valence-corrected chi connectivity index (χ3v) is 4.38. The second-order valence-corrected chi connectivity index (χ2v) is 6.40. The summed E-state index contributed by atoms with van der Waals surface area (Å²) in [6, 6.07) is 6.62. The van der Waals surface area contributed by atoms with E-state index in [1.165, 1.54) is 0 Å². The molecule has 0 spiro atoms. The zero-order valence-corrected chi connectivity index (χ0v) is 14.2. The molecule has 2 amide bonds. The van der Waals surface area contributed by atoms with Crippen molar-refractivity contribution in [3.63, 3.8) is 0 Å². The number of rotatable bonds is 5. The van der Waals surface area contributed by atoms with E-state index in [0.717, 1.165) is 12.0 Å². The fourth-order valence-corrected chi connectivity index (χ4v) is 3.07. The average Bonchev–Trinajstić information content (AvgIpc) is 2.95. The summed E-state index contributed by atoms with van der Waals surface area (Å²) in [7, 11) is 1.57. The average molecular weight is 330 g/mol. The molecule has 2 heterocycles. The van der Waals surface area contributed by atoms with E-state index in [2.05, 4.69) is 19.2 Å². The molecule has 0 saturated carbocycles. The van der Waals surface area contributed by atoms with Gasteiger partial charge < -0.3 is 14.8 Å². The molecule has 6 heteroatoms. The summed E-state index contributed by atoms with van der Waals surface area (Å²) in [6.45, 7) is 4.92. The van der Waals surface area contributed by atoms with Gasteiger partial charge in [0.1, 0.15) is 12.4 Å². The minimum Gasteiger partial charge on any atom is -0.496 e. The number of carbonyl (C=O) groups is 2. The van der Waals surface area contributed by atoms with E-state index >= 15 is 0 Å². The predicted molar refractivity (Wildman–Crippen MR) is 88.4 cm³/mol. The molecule has 2 aliphatic heterocycles. The normalized spacial score (nSPS) is 20.2. The number of nitrogens with zero attached hydrogens (tertiary/aromatic N) is 1. The van der Waals surface area contributed by atoms with Crippen molar-refractivity contribution >= 4 is 12.0 Å². The predicted octanol–water partition coefficient (Wildman–Crippen LogP) is 2.62. The number of urea groups is 1. The van der Waals surface area contributed by atoms with E-state index in [0.29, 0.717) is 29.5 Å². The molecule has 0 aromatic heterocycles. The number of esters is 1. The highest BCUT2D eigenvalue weighted by atomic mass is 16.5. The maximum Gasteiger partial charge on any atom is 0.338 e. The molecule has 128 valence electrons. The molecule has 0 unspecified atom stereocenters. The van der Waals surface area contributed by atoms with Crippen LogP contribution in [0, 0.1) is 5.92 Å². The van der Waals surface area contributed by atoms with Crippen molar-refractivity contribution in [2.75, 3.05) is 20.3 Å². The number of amides is 2. The lowest BCUT2D eigenvalue weighted by Gasteiger charge is -2.33. The molecule has 0 saturated heterocycles. The topological polar surface area (TPSA) is 67.9 Å². The van der Waals surface area contributed by atoms with E-state index in [-0.39, 0.29) is 18.6 Å². The summed E-state index contributed by atoms with van der Waals surface area (Å²) in [5.74, 6) is 0.715. The number of ether oxygens (including phenoxy) is 2. The standard InChI is InChI=1S/C18H22N2O4/c1-11(2)8-9-20-13-10-24-17(21)15(13)16(19-18(20)22)12-6-4-5-7-14(12)23-3/h4-7,11,16H,8-10H2,1-3H3,(H,19,22)/t16-/m1/s1. The molecule has 6 nitrogen and oxygen atoms in total. The number of nitrogens with one attached hydrogen (secondary N) is 1. The number of hydrogen-bond donors (Lipinski definition) is 1. The largest absolute Gasteiger partial charge is 0.496 e. The Hall–Kier alpha value is -2.50. The van der Waals surface area contributed by atoms with E-state index in [9.17, 15) is 9.59 Å². The Balaban J connectivity index is 2.01. The molecule has 0 bridgehead atoms. The number of methoxy groups -OCH3 is 1. The summed E-state index contributed by atoms with van der Waals surface area (Å²) in [4.78, 5) is 26.5. The molecule has 1 aromatic rings. The van der Waals surface area contributed by atoms with Crippen LogP contribution in [0.1, 0.15) is 31.9 Å². The van der Waals surface area contributed by atoms with Gasteiger partial charge >= 0.3 is 12.0 Å². The Morgan fingerprint density at radius 1 is 1.33 bits per heavy atom. The fourth-order valence-electron chi connectivity index (χ4n) is 3.07. The van der Waals surface area contributed by atoms with Crippen LogP contribution >= 0.6 is 0 Å². The molecular formula is C18H22N2O4. The number of benzene rings is 1. The lowest BCUT2D eigenvalue weighted by atomic mass is 9.94. The van der Waals surface area contributed by atoms with Crippen LogP contribution in [-0.4, -0.2) is 37.2 Å². The third kappa shape index (κ3) is 2.84. The highest BCUT2D eigenvalue weighted by molar-refractivity contribution is 5.97. The smallest absolute Gasteiger partial charge is 0.338 e. The van der Waals surface area contributed by atoms with E-state index in [4.69, 9.17) is 9.47 Å². The number of carbonyl (C=O) groups excluding carboxylic acids is 2. The van der Waals surface area contributed by atoms with Crippen molar-refractivity contribution in [2.24, 2.45) is 5.92 Å². The Bertz CT molecular complexity index is 696. The first-order chi connectivity index (χ1) is 11.5. The molecule has 3 rings (SSSR count). The van der Waals surface area contributed by atoms with Crippen LogP contribution < -0.4 is 10.1 Å². The van der Waals surface area contributed by atoms with E-state index in [1.54, 1.807) is 12.0 Å². The van der Waals surface area contributed by atoms with Gasteiger partial charge in [-0.2, -0.15) is 0 Å². The fraction of sp³-hybridized carbons (Fsp3) is 0.444. The minimum atomic E-state index is -0.547. The summed E-state index contributed by atoms with van der Waals surface area (Å²) >= 11 is 0. The zero-order chi connectivity index (χ0) is 17.3. The Morgan fingerprint density at radius 2 is 2.08 bits per heavy atom. The number of cyclic esters (lactones) is 1.